The molecule has 0 unspecified atom stereocenters. The van der Waals surface area contributed by atoms with Gasteiger partial charge in [0.25, 0.3) is 0 Å². The molecule has 0 radical (unpaired) electrons. The maximum Gasteiger partial charge on any atom is 0.147 e. The Labute approximate surface area is 244 Å². The molecule has 4 aromatic heterocycles. The van der Waals surface area contributed by atoms with E-state index in [-0.39, 0.29) is 0 Å². The number of rotatable bonds is 5. The average molecular weight is 553 g/mol. The highest BCUT2D eigenvalue weighted by Crippen LogP contribution is 2.43. The molecule has 202 valence electrons. The lowest BCUT2D eigenvalue weighted by Gasteiger charge is -2.24. The molecular weight excluding hydrogens is 520 g/mol. The molecule has 0 aliphatic rings. The smallest absolute Gasteiger partial charge is 0.147 e. The van der Waals surface area contributed by atoms with Crippen molar-refractivity contribution in [2.24, 2.45) is 0 Å². The molecule has 5 heteroatoms. The van der Waals surface area contributed by atoms with Gasteiger partial charge in [0.15, 0.2) is 0 Å². The van der Waals surface area contributed by atoms with Gasteiger partial charge in [-0.1, -0.05) is 70.2 Å². The van der Waals surface area contributed by atoms with Gasteiger partial charge < -0.3 is 0 Å². The number of hydrogen-bond acceptors (Lipinski definition) is 4. The van der Waals surface area contributed by atoms with Gasteiger partial charge in [0, 0.05) is 33.4 Å². The van der Waals surface area contributed by atoms with Crippen LogP contribution in [0.1, 0.15) is 56.2 Å². The normalized spacial score (nSPS) is 12.0. The largest absolute Gasteiger partial charge is 0.290 e. The summed E-state index contributed by atoms with van der Waals surface area (Å²) >= 11 is 1.75. The van der Waals surface area contributed by atoms with Crippen molar-refractivity contribution >= 4 is 42.7 Å². The number of imidazole rings is 1. The molecule has 0 fully saturated rings. The van der Waals surface area contributed by atoms with E-state index in [1.165, 1.54) is 49.0 Å². The molecule has 4 nitrogen and oxygen atoms in total. The van der Waals surface area contributed by atoms with Gasteiger partial charge in [0.05, 0.1) is 22.9 Å². The van der Waals surface area contributed by atoms with Crippen LogP contribution in [0.15, 0.2) is 91.4 Å². The van der Waals surface area contributed by atoms with Crippen molar-refractivity contribution in [3.8, 4) is 28.2 Å². The molecule has 0 aliphatic carbocycles. The third kappa shape index (κ3) is 4.23. The van der Waals surface area contributed by atoms with Crippen LogP contribution in [0.4, 0.5) is 0 Å². The summed E-state index contributed by atoms with van der Waals surface area (Å²) in [5.74, 6) is 1.55. The van der Waals surface area contributed by atoms with Crippen LogP contribution in [0.3, 0.4) is 0 Å². The van der Waals surface area contributed by atoms with Crippen LogP contribution in [0.5, 0.6) is 0 Å². The first kappa shape index (κ1) is 25.6. The second-order valence-corrected chi connectivity index (χ2v) is 12.5. The van der Waals surface area contributed by atoms with Crippen LogP contribution in [0.25, 0.3) is 59.5 Å². The summed E-state index contributed by atoms with van der Waals surface area (Å²) in [4.78, 5) is 15.7. The summed E-state index contributed by atoms with van der Waals surface area (Å²) in [6.07, 6.45) is 5.75. The Hall–Kier alpha value is -4.35. The topological polar surface area (TPSA) is 43.6 Å². The van der Waals surface area contributed by atoms with E-state index in [2.05, 4.69) is 111 Å². The monoisotopic (exact) mass is 552 g/mol. The molecule has 3 aromatic carbocycles. The Bertz CT molecular complexity index is 2040. The van der Waals surface area contributed by atoms with Crippen molar-refractivity contribution in [3.05, 3.63) is 108 Å². The zero-order valence-electron chi connectivity index (χ0n) is 24.0. The first-order chi connectivity index (χ1) is 19.9. The zero-order valence-corrected chi connectivity index (χ0v) is 24.8. The molecule has 0 spiro atoms. The second kappa shape index (κ2) is 9.93. The third-order valence-electron chi connectivity index (χ3n) is 7.93. The van der Waals surface area contributed by atoms with E-state index in [9.17, 15) is 0 Å². The van der Waals surface area contributed by atoms with Crippen LogP contribution < -0.4 is 0 Å². The minimum atomic E-state index is 0.306. The fourth-order valence-electron chi connectivity index (χ4n) is 5.91. The highest BCUT2D eigenvalue weighted by Gasteiger charge is 2.25. The standard InChI is InChI=1S/C36H32N4S/c1-21(2)28-17-25(24-10-7-6-8-11-24)18-29(22(3)4)33(28)40-32-20-37-15-14-31(32)39-35(40)27-13-9-12-26-30-16-23(5)19-38-36(30)41-34(26)27/h6-22H,1-5H3. The second-order valence-electron chi connectivity index (χ2n) is 11.5. The minimum absolute atomic E-state index is 0.306. The third-order valence-corrected chi connectivity index (χ3v) is 9.10. The number of aromatic nitrogens is 4. The lowest BCUT2D eigenvalue weighted by Crippen LogP contribution is -2.09. The highest BCUT2D eigenvalue weighted by atomic mass is 32.1. The Kier molecular flexibility index (Phi) is 6.20. The van der Waals surface area contributed by atoms with E-state index < -0.39 is 0 Å². The fraction of sp³-hybridized carbons (Fsp3) is 0.194. The molecule has 0 saturated carbocycles. The van der Waals surface area contributed by atoms with Crippen LogP contribution in [0, 0.1) is 6.92 Å². The molecule has 0 aliphatic heterocycles. The molecule has 0 amide bonds. The first-order valence-electron chi connectivity index (χ1n) is 14.2. The van der Waals surface area contributed by atoms with Crippen LogP contribution in [-0.4, -0.2) is 19.5 Å². The maximum absolute atomic E-state index is 5.29. The maximum atomic E-state index is 5.29. The number of fused-ring (bicyclic) bond motifs is 4. The van der Waals surface area contributed by atoms with Crippen molar-refractivity contribution in [2.45, 2.75) is 46.5 Å². The predicted molar refractivity (Wildman–Crippen MR) is 173 cm³/mol. The average Bonchev–Trinajstić information content (AvgIpc) is 3.55. The molecule has 0 saturated heterocycles. The van der Waals surface area contributed by atoms with Crippen molar-refractivity contribution in [1.82, 2.24) is 19.5 Å². The number of aryl methyl sites for hydroxylation is 1. The Morgan fingerprint density at radius 2 is 1.51 bits per heavy atom. The van der Waals surface area contributed by atoms with Crippen LogP contribution in [-0.2, 0) is 0 Å². The summed E-state index contributed by atoms with van der Waals surface area (Å²) in [5.41, 5.74) is 10.6. The van der Waals surface area contributed by atoms with Crippen LogP contribution in [0.2, 0.25) is 0 Å². The van der Waals surface area contributed by atoms with E-state index in [4.69, 9.17) is 9.97 Å². The number of pyridine rings is 2. The van der Waals surface area contributed by atoms with Gasteiger partial charge in [-0.2, -0.15) is 0 Å². The van der Waals surface area contributed by atoms with Gasteiger partial charge in [-0.15, -0.1) is 11.3 Å². The van der Waals surface area contributed by atoms with E-state index >= 15 is 0 Å². The quantitative estimate of drug-likeness (QED) is 0.213. The molecule has 0 bridgehead atoms. The fourth-order valence-corrected chi connectivity index (χ4v) is 7.04. The number of hydrogen-bond donors (Lipinski definition) is 0. The van der Waals surface area contributed by atoms with E-state index in [1.54, 1.807) is 11.3 Å². The minimum Gasteiger partial charge on any atom is -0.290 e. The molecule has 7 rings (SSSR count). The highest BCUT2D eigenvalue weighted by molar-refractivity contribution is 7.26. The SMILES string of the molecule is Cc1cnc2sc3c(-c4nc5ccncc5n4-c4c(C(C)C)cc(-c5ccccc5)cc4C(C)C)cccc3c2c1. The van der Waals surface area contributed by atoms with Gasteiger partial charge >= 0.3 is 0 Å². The Morgan fingerprint density at radius 1 is 0.756 bits per heavy atom. The van der Waals surface area contributed by atoms with Crippen molar-refractivity contribution < 1.29 is 0 Å². The van der Waals surface area contributed by atoms with Gasteiger partial charge in [0.2, 0.25) is 0 Å². The molecule has 41 heavy (non-hydrogen) atoms. The van der Waals surface area contributed by atoms with Gasteiger partial charge in [-0.05, 0) is 76.9 Å². The summed E-state index contributed by atoms with van der Waals surface area (Å²) in [7, 11) is 0. The number of thiophene rings is 1. The lowest BCUT2D eigenvalue weighted by molar-refractivity contribution is 0.811. The summed E-state index contributed by atoms with van der Waals surface area (Å²) in [6.45, 7) is 11.3. The van der Waals surface area contributed by atoms with Crippen molar-refractivity contribution in [2.75, 3.05) is 0 Å². The van der Waals surface area contributed by atoms with Gasteiger partial charge in [-0.25, -0.2) is 9.97 Å². The van der Waals surface area contributed by atoms with Crippen molar-refractivity contribution in [1.29, 1.82) is 0 Å². The predicted octanol–water partition coefficient (Wildman–Crippen LogP) is 10.1. The van der Waals surface area contributed by atoms with Gasteiger partial charge in [-0.3, -0.25) is 9.55 Å². The Morgan fingerprint density at radius 3 is 2.24 bits per heavy atom. The molecule has 4 heterocycles. The number of benzene rings is 3. The van der Waals surface area contributed by atoms with Crippen LogP contribution >= 0.6 is 11.3 Å². The summed E-state index contributed by atoms with van der Waals surface area (Å²) in [5, 5.41) is 2.43. The Balaban J connectivity index is 1.59. The lowest BCUT2D eigenvalue weighted by atomic mass is 9.88. The molecule has 0 atom stereocenters. The molecule has 7 aromatic rings. The summed E-state index contributed by atoms with van der Waals surface area (Å²) in [6, 6.07) is 26.3. The van der Waals surface area contributed by atoms with Crippen molar-refractivity contribution in [3.63, 3.8) is 0 Å². The van der Waals surface area contributed by atoms with E-state index in [0.29, 0.717) is 11.8 Å². The molecule has 0 N–H and O–H groups in total. The van der Waals surface area contributed by atoms with Gasteiger partial charge in [0.1, 0.15) is 10.7 Å². The summed E-state index contributed by atoms with van der Waals surface area (Å²) < 4.78 is 3.59. The zero-order chi connectivity index (χ0) is 28.2. The van der Waals surface area contributed by atoms with E-state index in [0.717, 1.165) is 27.3 Å². The first-order valence-corrected chi connectivity index (χ1v) is 15.1. The van der Waals surface area contributed by atoms with E-state index in [1.807, 2.05) is 24.7 Å². The number of nitrogens with zero attached hydrogens (tertiary/aromatic N) is 4. The molecular formula is C36H32N4S.